The number of aromatic amines is 2. The Kier molecular flexibility index (Phi) is 3.36. The molecule has 4 rings (SSSR count). The second-order valence-electron chi connectivity index (χ2n) is 6.65. The number of carbonyl (C=O) groups excluding carboxylic acids is 1. The average molecular weight is 329 g/mol. The van der Waals surface area contributed by atoms with Crippen LogP contribution < -0.4 is 5.69 Å². The molecule has 1 spiro atoms. The maximum absolute atomic E-state index is 12.5. The van der Waals surface area contributed by atoms with E-state index >= 15 is 0 Å². The monoisotopic (exact) mass is 329 g/mol. The molecular formula is C17H19N3O4. The van der Waals surface area contributed by atoms with Crippen molar-refractivity contribution in [2.45, 2.75) is 12.0 Å². The van der Waals surface area contributed by atoms with Gasteiger partial charge in [0.1, 0.15) is 5.69 Å². The van der Waals surface area contributed by atoms with Gasteiger partial charge in [-0.15, -0.1) is 0 Å². The van der Waals surface area contributed by atoms with E-state index in [1.165, 1.54) is 6.20 Å². The summed E-state index contributed by atoms with van der Waals surface area (Å²) >= 11 is 0. The molecule has 7 nitrogen and oxygen atoms in total. The Morgan fingerprint density at radius 2 is 2.08 bits per heavy atom. The molecule has 0 bridgehead atoms. The van der Waals surface area contributed by atoms with Crippen LogP contribution in [0.3, 0.4) is 0 Å². The standard InChI is InChI=1S/C17H19N3O4/c21-8-11-14(10-4-2-1-3-5-10)17(11)9-20(7-13(17)22)15(23)12-6-18-16(24)19-12/h1-6,11,13-14,21-22H,7-9H2,(H2,18,19,24)/t11-,13-,14-,17-/m1/s1. The first-order valence-electron chi connectivity index (χ1n) is 7.98. The highest BCUT2D eigenvalue weighted by Gasteiger charge is 2.71. The Hall–Kier alpha value is -2.38. The third kappa shape index (κ3) is 2.05. The molecule has 1 saturated heterocycles. The van der Waals surface area contributed by atoms with Crippen LogP contribution in [0.15, 0.2) is 41.3 Å². The number of benzene rings is 1. The highest BCUT2D eigenvalue weighted by molar-refractivity contribution is 5.92. The summed E-state index contributed by atoms with van der Waals surface area (Å²) < 4.78 is 0. The van der Waals surface area contributed by atoms with Crippen LogP contribution in [0.5, 0.6) is 0 Å². The molecule has 1 aromatic heterocycles. The quantitative estimate of drug-likeness (QED) is 0.631. The number of likely N-dealkylation sites (tertiary alicyclic amines) is 1. The van der Waals surface area contributed by atoms with Crippen molar-refractivity contribution in [3.8, 4) is 0 Å². The molecule has 4 atom stereocenters. The number of carbonyl (C=O) groups is 1. The van der Waals surface area contributed by atoms with Gasteiger partial charge in [0, 0.05) is 31.3 Å². The van der Waals surface area contributed by atoms with E-state index in [1.54, 1.807) is 4.90 Å². The number of aromatic nitrogens is 2. The molecule has 7 heteroatoms. The first-order valence-corrected chi connectivity index (χ1v) is 7.98. The summed E-state index contributed by atoms with van der Waals surface area (Å²) in [5.41, 5.74) is 0.304. The number of nitrogens with zero attached hydrogens (tertiary/aromatic N) is 1. The molecular weight excluding hydrogens is 310 g/mol. The van der Waals surface area contributed by atoms with E-state index in [0.717, 1.165) is 5.56 Å². The van der Waals surface area contributed by atoms with Crippen molar-refractivity contribution in [3.05, 3.63) is 58.3 Å². The zero-order valence-electron chi connectivity index (χ0n) is 13.0. The first-order chi connectivity index (χ1) is 11.6. The fourth-order valence-corrected chi connectivity index (χ4v) is 4.34. The summed E-state index contributed by atoms with van der Waals surface area (Å²) in [4.78, 5) is 30.1. The van der Waals surface area contributed by atoms with Gasteiger partial charge in [-0.1, -0.05) is 30.3 Å². The average Bonchev–Trinajstić information content (AvgIpc) is 2.83. The van der Waals surface area contributed by atoms with Gasteiger partial charge < -0.3 is 25.1 Å². The second-order valence-corrected chi connectivity index (χ2v) is 6.65. The van der Waals surface area contributed by atoms with E-state index in [2.05, 4.69) is 9.97 Å². The normalized spacial score (nSPS) is 31.6. The number of imidazole rings is 1. The van der Waals surface area contributed by atoms with Crippen LogP contribution in [0.2, 0.25) is 0 Å². The van der Waals surface area contributed by atoms with Crippen molar-refractivity contribution in [2.24, 2.45) is 11.3 Å². The number of H-pyrrole nitrogens is 2. The summed E-state index contributed by atoms with van der Waals surface area (Å²) in [5, 5.41) is 20.4. The van der Waals surface area contributed by atoms with Crippen LogP contribution >= 0.6 is 0 Å². The smallest absolute Gasteiger partial charge is 0.323 e. The van der Waals surface area contributed by atoms with Gasteiger partial charge in [-0.05, 0) is 17.4 Å². The predicted molar refractivity (Wildman–Crippen MR) is 85.5 cm³/mol. The largest absolute Gasteiger partial charge is 0.396 e. The summed E-state index contributed by atoms with van der Waals surface area (Å²) in [7, 11) is 0. The lowest BCUT2D eigenvalue weighted by Gasteiger charge is -2.16. The Morgan fingerprint density at radius 1 is 1.33 bits per heavy atom. The number of aliphatic hydroxyl groups excluding tert-OH is 2. The topological polar surface area (TPSA) is 109 Å². The zero-order chi connectivity index (χ0) is 16.9. The van der Waals surface area contributed by atoms with E-state index in [0.29, 0.717) is 6.54 Å². The van der Waals surface area contributed by atoms with Crippen molar-refractivity contribution in [3.63, 3.8) is 0 Å². The number of nitrogens with one attached hydrogen (secondary N) is 2. The molecule has 126 valence electrons. The van der Waals surface area contributed by atoms with Gasteiger partial charge in [-0.2, -0.15) is 0 Å². The van der Waals surface area contributed by atoms with Crippen LogP contribution in [0, 0.1) is 11.3 Å². The molecule has 2 fully saturated rings. The maximum atomic E-state index is 12.5. The van der Waals surface area contributed by atoms with Gasteiger partial charge in [0.25, 0.3) is 5.91 Å². The van der Waals surface area contributed by atoms with Crippen molar-refractivity contribution < 1.29 is 15.0 Å². The third-order valence-electron chi connectivity index (χ3n) is 5.51. The minimum atomic E-state index is -0.700. The fourth-order valence-electron chi connectivity index (χ4n) is 4.34. The first kappa shape index (κ1) is 15.2. The summed E-state index contributed by atoms with van der Waals surface area (Å²) in [6, 6.07) is 9.77. The maximum Gasteiger partial charge on any atom is 0.323 e. The predicted octanol–water partition coefficient (Wildman–Crippen LogP) is -0.0880. The van der Waals surface area contributed by atoms with Crippen LogP contribution in [-0.2, 0) is 0 Å². The number of aliphatic hydroxyl groups is 2. The van der Waals surface area contributed by atoms with Crippen molar-refractivity contribution >= 4 is 5.91 Å². The zero-order valence-corrected chi connectivity index (χ0v) is 13.0. The SMILES string of the molecule is O=C(c1c[nH]c(=O)[nH]1)N1C[C@@H](O)[C@@]2(C1)[C@H](CO)[C@H]2c1ccccc1. The van der Waals surface area contributed by atoms with Gasteiger partial charge in [-0.25, -0.2) is 4.79 Å². The van der Waals surface area contributed by atoms with E-state index in [9.17, 15) is 19.8 Å². The van der Waals surface area contributed by atoms with Crippen LogP contribution in [0.1, 0.15) is 22.0 Å². The van der Waals surface area contributed by atoms with Gasteiger partial charge >= 0.3 is 5.69 Å². The summed E-state index contributed by atoms with van der Waals surface area (Å²) in [5.74, 6) is -0.362. The van der Waals surface area contributed by atoms with E-state index < -0.39 is 17.2 Å². The molecule has 1 saturated carbocycles. The van der Waals surface area contributed by atoms with Crippen molar-refractivity contribution in [2.75, 3.05) is 19.7 Å². The highest BCUT2D eigenvalue weighted by Crippen LogP contribution is 2.68. The van der Waals surface area contributed by atoms with Crippen molar-refractivity contribution in [1.82, 2.24) is 14.9 Å². The Labute approximate surface area is 137 Å². The van der Waals surface area contributed by atoms with E-state index in [1.807, 2.05) is 30.3 Å². The van der Waals surface area contributed by atoms with Crippen LogP contribution in [-0.4, -0.2) is 56.8 Å². The van der Waals surface area contributed by atoms with Gasteiger partial charge in [0.2, 0.25) is 0 Å². The van der Waals surface area contributed by atoms with Crippen molar-refractivity contribution in [1.29, 1.82) is 0 Å². The van der Waals surface area contributed by atoms with E-state index in [4.69, 9.17) is 0 Å². The lowest BCUT2D eigenvalue weighted by atomic mass is 9.95. The molecule has 1 aromatic carbocycles. The molecule has 4 N–H and O–H groups in total. The third-order valence-corrected chi connectivity index (χ3v) is 5.51. The fraction of sp³-hybridized carbons (Fsp3) is 0.412. The minimum Gasteiger partial charge on any atom is -0.396 e. The molecule has 2 heterocycles. The van der Waals surface area contributed by atoms with Gasteiger partial charge in [0.15, 0.2) is 0 Å². The Balaban J connectivity index is 1.61. The number of hydrogen-bond donors (Lipinski definition) is 4. The van der Waals surface area contributed by atoms with E-state index in [-0.39, 0.29) is 36.6 Å². The number of rotatable bonds is 3. The Morgan fingerprint density at radius 3 is 2.71 bits per heavy atom. The lowest BCUT2D eigenvalue weighted by molar-refractivity contribution is 0.0759. The summed E-state index contributed by atoms with van der Waals surface area (Å²) in [6.07, 6.45) is 0.641. The molecule has 1 aliphatic heterocycles. The van der Waals surface area contributed by atoms with Crippen LogP contribution in [0.4, 0.5) is 0 Å². The number of amides is 1. The molecule has 0 unspecified atom stereocenters. The molecule has 0 radical (unpaired) electrons. The number of hydrogen-bond acceptors (Lipinski definition) is 4. The molecule has 1 aliphatic carbocycles. The minimum absolute atomic E-state index is 0.0281. The highest BCUT2D eigenvalue weighted by atomic mass is 16.3. The molecule has 2 aliphatic rings. The van der Waals surface area contributed by atoms with Crippen LogP contribution in [0.25, 0.3) is 0 Å². The summed E-state index contributed by atoms with van der Waals surface area (Å²) in [6.45, 7) is 0.538. The second kappa shape index (κ2) is 5.32. The Bertz CT molecular complexity index is 814. The van der Waals surface area contributed by atoms with Gasteiger partial charge in [0.05, 0.1) is 6.10 Å². The molecule has 2 aromatic rings. The molecule has 24 heavy (non-hydrogen) atoms. The molecule has 1 amide bonds. The number of β-amino-alcohol motifs (C(OH)–C–C–N with tert-alkyl or cyclic N) is 1. The van der Waals surface area contributed by atoms with Gasteiger partial charge in [-0.3, -0.25) is 4.79 Å². The lowest BCUT2D eigenvalue weighted by Crippen LogP contribution is -2.30.